The van der Waals surface area contributed by atoms with Crippen molar-refractivity contribution in [2.24, 2.45) is 0 Å². The molecule has 0 unspecified atom stereocenters. The zero-order valence-corrected chi connectivity index (χ0v) is 22.9. The molecule has 2 fully saturated rings. The number of nitrogens with one attached hydrogen (secondary N) is 2. The zero-order valence-electron chi connectivity index (χ0n) is 22.9. The molecule has 9 heteroatoms. The van der Waals surface area contributed by atoms with E-state index in [1.54, 1.807) is 6.07 Å². The van der Waals surface area contributed by atoms with Crippen LogP contribution in [-0.2, 0) is 22.4 Å². The zero-order chi connectivity index (χ0) is 27.6. The first kappa shape index (κ1) is 25.6. The van der Waals surface area contributed by atoms with Crippen molar-refractivity contribution in [2.75, 3.05) is 67.7 Å². The highest BCUT2D eigenvalue weighted by molar-refractivity contribution is 5.74. The quantitative estimate of drug-likeness (QED) is 0.321. The molecule has 2 saturated heterocycles. The van der Waals surface area contributed by atoms with Gasteiger partial charge in [0.05, 0.1) is 32.1 Å². The van der Waals surface area contributed by atoms with Gasteiger partial charge in [-0.05, 0) is 47.5 Å². The van der Waals surface area contributed by atoms with Gasteiger partial charge in [0.2, 0.25) is 5.56 Å². The molecule has 0 spiro atoms. The third kappa shape index (κ3) is 5.51. The Hall–Kier alpha value is -4.34. The molecule has 210 valence electrons. The summed E-state index contributed by atoms with van der Waals surface area (Å²) < 4.78 is 17.4. The van der Waals surface area contributed by atoms with Gasteiger partial charge in [-0.1, -0.05) is 18.2 Å². The number of pyridine rings is 2. The molecule has 0 radical (unpaired) electrons. The molecule has 7 rings (SSSR count). The molecule has 41 heavy (non-hydrogen) atoms. The molecule has 2 aromatic carbocycles. The largest absolute Gasteiger partial charge is 0.456 e. The Bertz CT molecular complexity index is 1590. The topological polar surface area (TPSA) is 92.0 Å². The molecule has 0 saturated carbocycles. The second-order valence-electron chi connectivity index (χ2n) is 10.6. The molecular weight excluding hydrogens is 518 g/mol. The van der Waals surface area contributed by atoms with Crippen molar-refractivity contribution >= 4 is 17.2 Å². The van der Waals surface area contributed by atoms with Crippen molar-refractivity contribution < 1.29 is 14.2 Å². The maximum atomic E-state index is 12.6. The van der Waals surface area contributed by atoms with Gasteiger partial charge in [-0.2, -0.15) is 0 Å². The Morgan fingerprint density at radius 2 is 1.66 bits per heavy atom. The maximum absolute atomic E-state index is 12.6. The summed E-state index contributed by atoms with van der Waals surface area (Å²) in [4.78, 5) is 24.7. The fraction of sp³-hybridized carbons (Fsp3) is 0.312. The molecule has 0 amide bonds. The van der Waals surface area contributed by atoms with Crippen molar-refractivity contribution in [3.05, 3.63) is 93.9 Å². The predicted molar refractivity (Wildman–Crippen MR) is 159 cm³/mol. The van der Waals surface area contributed by atoms with Gasteiger partial charge in [-0.15, -0.1) is 0 Å². The minimum atomic E-state index is -0.126. The summed E-state index contributed by atoms with van der Waals surface area (Å²) in [6, 6.07) is 20.2. The average Bonchev–Trinajstić information content (AvgIpc) is 3.03. The molecule has 3 aliphatic heterocycles. The van der Waals surface area contributed by atoms with Crippen LogP contribution in [0.3, 0.4) is 0 Å². The van der Waals surface area contributed by atoms with E-state index in [-0.39, 0.29) is 5.56 Å². The predicted octanol–water partition coefficient (Wildman–Crippen LogP) is 4.42. The van der Waals surface area contributed by atoms with Gasteiger partial charge in [-0.25, -0.2) is 4.98 Å². The highest BCUT2D eigenvalue weighted by Gasteiger charge is 2.22. The molecular formula is C32H33N5O4. The molecule has 2 aromatic heterocycles. The Balaban J connectivity index is 1.07. The number of aromatic amines is 1. The lowest BCUT2D eigenvalue weighted by molar-refractivity contribution is 0.122. The summed E-state index contributed by atoms with van der Waals surface area (Å²) in [7, 11) is 0. The lowest BCUT2D eigenvalue weighted by Gasteiger charge is -2.29. The first-order chi connectivity index (χ1) is 20.2. The lowest BCUT2D eigenvalue weighted by atomic mass is 9.96. The number of para-hydroxylation sites is 1. The van der Waals surface area contributed by atoms with Gasteiger partial charge in [0.25, 0.3) is 0 Å². The highest BCUT2D eigenvalue weighted by atomic mass is 16.5. The van der Waals surface area contributed by atoms with Crippen LogP contribution in [0.15, 0.2) is 71.7 Å². The number of rotatable bonds is 6. The standard InChI is InChI=1S/C32H33N5O4/c38-31-19-26(36-8-12-39-13-9-36)18-28(35-31)27-3-1-2-23-16-24-17-25(5-6-29(24)41-32(23)27)33-20-22-4-7-30(34-21-22)37-10-14-40-15-11-37/h1-7,17-19,21,33H,8-16,20H2,(H,35,38). The number of fused-ring (bicyclic) bond motifs is 2. The summed E-state index contributed by atoms with van der Waals surface area (Å²) in [6.45, 7) is 6.81. The number of anilines is 3. The van der Waals surface area contributed by atoms with E-state index < -0.39 is 0 Å². The number of H-pyrrole nitrogens is 1. The van der Waals surface area contributed by atoms with Crippen LogP contribution in [0.25, 0.3) is 11.3 Å². The van der Waals surface area contributed by atoms with Crippen LogP contribution in [0.4, 0.5) is 17.2 Å². The van der Waals surface area contributed by atoms with Crippen LogP contribution < -0.4 is 25.4 Å². The van der Waals surface area contributed by atoms with E-state index in [0.29, 0.717) is 19.8 Å². The molecule has 0 aliphatic carbocycles. The van der Waals surface area contributed by atoms with Crippen LogP contribution in [0.5, 0.6) is 11.5 Å². The number of hydrogen-bond acceptors (Lipinski definition) is 8. The number of hydrogen-bond donors (Lipinski definition) is 2. The summed E-state index contributed by atoms with van der Waals surface area (Å²) in [5.74, 6) is 2.62. The van der Waals surface area contributed by atoms with Gasteiger partial charge in [0.15, 0.2) is 0 Å². The first-order valence-electron chi connectivity index (χ1n) is 14.2. The Labute approximate surface area is 238 Å². The van der Waals surface area contributed by atoms with Crippen LogP contribution in [0.1, 0.15) is 16.7 Å². The summed E-state index contributed by atoms with van der Waals surface area (Å²) in [5, 5.41) is 3.53. The van der Waals surface area contributed by atoms with Crippen molar-refractivity contribution in [2.45, 2.75) is 13.0 Å². The SMILES string of the molecule is O=c1cc(N2CCOCC2)cc(-c2cccc3c2Oc2ccc(NCc4ccc(N5CCOCC5)nc4)cc2C3)[nH]1. The molecule has 9 nitrogen and oxygen atoms in total. The Morgan fingerprint density at radius 1 is 0.854 bits per heavy atom. The Morgan fingerprint density at radius 3 is 2.44 bits per heavy atom. The average molecular weight is 552 g/mol. The van der Waals surface area contributed by atoms with E-state index in [0.717, 1.165) is 102 Å². The van der Waals surface area contributed by atoms with E-state index in [4.69, 9.17) is 14.2 Å². The molecule has 2 N–H and O–H groups in total. The number of benzene rings is 2. The van der Waals surface area contributed by atoms with Crippen LogP contribution in [0.2, 0.25) is 0 Å². The number of ether oxygens (including phenoxy) is 3. The normalized spacial score (nSPS) is 16.5. The molecule has 0 atom stereocenters. The number of morpholine rings is 2. The Kier molecular flexibility index (Phi) is 7.04. The second kappa shape index (κ2) is 11.3. The molecule has 4 aromatic rings. The fourth-order valence-corrected chi connectivity index (χ4v) is 5.68. The van der Waals surface area contributed by atoms with Gasteiger partial charge in [-0.3, -0.25) is 4.79 Å². The van der Waals surface area contributed by atoms with E-state index in [1.807, 2.05) is 36.5 Å². The van der Waals surface area contributed by atoms with Gasteiger partial charge in [0.1, 0.15) is 17.3 Å². The van der Waals surface area contributed by atoms with Crippen LogP contribution in [-0.4, -0.2) is 62.6 Å². The minimum Gasteiger partial charge on any atom is -0.456 e. The van der Waals surface area contributed by atoms with Crippen molar-refractivity contribution in [3.63, 3.8) is 0 Å². The molecule has 0 bridgehead atoms. The van der Waals surface area contributed by atoms with E-state index in [2.05, 4.69) is 49.4 Å². The van der Waals surface area contributed by atoms with E-state index >= 15 is 0 Å². The van der Waals surface area contributed by atoms with Crippen molar-refractivity contribution in [3.8, 4) is 22.8 Å². The summed E-state index contributed by atoms with van der Waals surface area (Å²) in [5.41, 5.74) is 6.79. The van der Waals surface area contributed by atoms with Crippen LogP contribution in [0, 0.1) is 0 Å². The monoisotopic (exact) mass is 551 g/mol. The second-order valence-corrected chi connectivity index (χ2v) is 10.6. The summed E-state index contributed by atoms with van der Waals surface area (Å²) in [6.07, 6.45) is 2.69. The fourth-order valence-electron chi connectivity index (χ4n) is 5.68. The number of nitrogens with zero attached hydrogens (tertiary/aromatic N) is 3. The smallest absolute Gasteiger partial charge is 0.250 e. The van der Waals surface area contributed by atoms with E-state index in [1.165, 1.54) is 0 Å². The molecule has 3 aliphatic rings. The van der Waals surface area contributed by atoms with E-state index in [9.17, 15) is 4.79 Å². The first-order valence-corrected chi connectivity index (χ1v) is 14.2. The maximum Gasteiger partial charge on any atom is 0.250 e. The lowest BCUT2D eigenvalue weighted by Crippen LogP contribution is -2.36. The van der Waals surface area contributed by atoms with Crippen molar-refractivity contribution in [1.82, 2.24) is 9.97 Å². The van der Waals surface area contributed by atoms with Gasteiger partial charge in [0, 0.05) is 73.9 Å². The molecule has 5 heterocycles. The highest BCUT2D eigenvalue weighted by Crippen LogP contribution is 2.43. The third-order valence-electron chi connectivity index (χ3n) is 7.89. The van der Waals surface area contributed by atoms with Crippen molar-refractivity contribution in [1.29, 1.82) is 0 Å². The van der Waals surface area contributed by atoms with Crippen LogP contribution >= 0.6 is 0 Å². The van der Waals surface area contributed by atoms with Gasteiger partial charge < -0.3 is 34.3 Å². The van der Waals surface area contributed by atoms with Gasteiger partial charge >= 0.3 is 0 Å². The summed E-state index contributed by atoms with van der Waals surface area (Å²) >= 11 is 0. The number of aromatic nitrogens is 2. The third-order valence-corrected chi connectivity index (χ3v) is 7.89. The minimum absolute atomic E-state index is 0.126.